The van der Waals surface area contributed by atoms with E-state index < -0.39 is 21.7 Å². The van der Waals surface area contributed by atoms with Gasteiger partial charge in [0, 0.05) is 18.0 Å². The van der Waals surface area contributed by atoms with Crippen LogP contribution in [0.4, 0.5) is 4.39 Å². The highest BCUT2D eigenvalue weighted by Crippen LogP contribution is 2.31. The molecule has 7 nitrogen and oxygen atoms in total. The van der Waals surface area contributed by atoms with Crippen molar-refractivity contribution in [1.82, 2.24) is 19.3 Å². The summed E-state index contributed by atoms with van der Waals surface area (Å²) in [6, 6.07) is 5.95. The van der Waals surface area contributed by atoms with Gasteiger partial charge in [-0.1, -0.05) is 12.0 Å². The molecule has 3 rings (SSSR count). The van der Waals surface area contributed by atoms with Gasteiger partial charge in [-0.05, 0) is 18.2 Å². The highest BCUT2D eigenvalue weighted by Gasteiger charge is 2.25. The van der Waals surface area contributed by atoms with Crippen molar-refractivity contribution in [1.29, 1.82) is 0 Å². The minimum absolute atomic E-state index is 0.0689. The molecule has 0 N–H and O–H groups in total. The minimum Gasteiger partial charge on any atom is -0.266 e. The predicted molar refractivity (Wildman–Crippen MR) is 103 cm³/mol. The van der Waals surface area contributed by atoms with E-state index in [-0.39, 0.29) is 12.2 Å². The lowest BCUT2D eigenvalue weighted by Gasteiger charge is -2.17. The van der Waals surface area contributed by atoms with Gasteiger partial charge in [0.2, 0.25) is 10.0 Å². The Balaban J connectivity index is 1.94. The first-order valence-electron chi connectivity index (χ1n) is 7.79. The maximum atomic E-state index is 13.4. The highest BCUT2D eigenvalue weighted by atomic mass is 32.2. The summed E-state index contributed by atoms with van der Waals surface area (Å²) in [6.45, 7) is -0.388. The molecular weight excluding hydrogens is 403 g/mol. The zero-order valence-corrected chi connectivity index (χ0v) is 16.2. The van der Waals surface area contributed by atoms with E-state index >= 15 is 0 Å². The summed E-state index contributed by atoms with van der Waals surface area (Å²) < 4.78 is 37.6. The standard InChI is InChI=1S/C18H13FN4O3S2/c1-3-7-23(28(2,25)26)18(24)15-6-4-5-14(22-15)16-11-21-17(27-16)12-8-13(19)10-20-9-12/h1,4-6,8-11H,7H2,2H3. The molecule has 0 aliphatic heterocycles. The van der Waals surface area contributed by atoms with Gasteiger partial charge in [-0.25, -0.2) is 27.1 Å². The first kappa shape index (κ1) is 19.6. The van der Waals surface area contributed by atoms with Crippen LogP contribution in [0, 0.1) is 18.2 Å². The van der Waals surface area contributed by atoms with E-state index in [1.165, 1.54) is 35.9 Å². The molecule has 0 fully saturated rings. The largest absolute Gasteiger partial charge is 0.286 e. The van der Waals surface area contributed by atoms with Gasteiger partial charge in [-0.2, -0.15) is 0 Å². The molecule has 0 radical (unpaired) electrons. The number of aromatic nitrogens is 3. The Morgan fingerprint density at radius 2 is 2.11 bits per heavy atom. The molecule has 142 valence electrons. The van der Waals surface area contributed by atoms with Crippen molar-refractivity contribution >= 4 is 27.3 Å². The third kappa shape index (κ3) is 4.21. The van der Waals surface area contributed by atoms with Gasteiger partial charge in [0.25, 0.3) is 5.91 Å². The van der Waals surface area contributed by atoms with Gasteiger partial charge in [0.15, 0.2) is 0 Å². The van der Waals surface area contributed by atoms with Crippen molar-refractivity contribution in [2.24, 2.45) is 0 Å². The third-order valence-corrected chi connectivity index (χ3v) is 5.70. The first-order valence-corrected chi connectivity index (χ1v) is 10.5. The first-order chi connectivity index (χ1) is 13.3. The fourth-order valence-electron chi connectivity index (χ4n) is 2.30. The fraction of sp³-hybridized carbons (Fsp3) is 0.111. The Kier molecular flexibility index (Phi) is 5.48. The highest BCUT2D eigenvalue weighted by molar-refractivity contribution is 7.88. The molecule has 0 aliphatic carbocycles. The molecule has 28 heavy (non-hydrogen) atoms. The number of carbonyl (C=O) groups excluding carboxylic acids is 1. The molecule has 0 saturated carbocycles. The van der Waals surface area contributed by atoms with Crippen LogP contribution in [-0.2, 0) is 10.0 Å². The lowest BCUT2D eigenvalue weighted by molar-refractivity contribution is 0.0868. The van der Waals surface area contributed by atoms with E-state index in [2.05, 4.69) is 20.9 Å². The minimum atomic E-state index is -3.84. The summed E-state index contributed by atoms with van der Waals surface area (Å²) in [6.07, 6.45) is 10.2. The van der Waals surface area contributed by atoms with E-state index in [0.717, 1.165) is 12.5 Å². The van der Waals surface area contributed by atoms with Crippen molar-refractivity contribution in [3.8, 4) is 33.5 Å². The number of hydrogen-bond donors (Lipinski definition) is 0. The summed E-state index contributed by atoms with van der Waals surface area (Å²) in [5, 5.41) is 0.533. The van der Waals surface area contributed by atoms with Crippen LogP contribution in [0.3, 0.4) is 0 Å². The van der Waals surface area contributed by atoms with E-state index in [4.69, 9.17) is 6.42 Å². The van der Waals surface area contributed by atoms with Crippen LogP contribution in [0.15, 0.2) is 42.9 Å². The van der Waals surface area contributed by atoms with Crippen molar-refractivity contribution in [3.63, 3.8) is 0 Å². The number of nitrogens with zero attached hydrogens (tertiary/aromatic N) is 4. The smallest absolute Gasteiger partial charge is 0.266 e. The second-order valence-corrected chi connectivity index (χ2v) is 8.55. The molecule has 10 heteroatoms. The van der Waals surface area contributed by atoms with Crippen molar-refractivity contribution in [2.45, 2.75) is 0 Å². The number of sulfonamides is 1. The van der Waals surface area contributed by atoms with Crippen LogP contribution in [0.1, 0.15) is 10.5 Å². The maximum Gasteiger partial charge on any atom is 0.286 e. The van der Waals surface area contributed by atoms with Gasteiger partial charge in [0.1, 0.15) is 16.5 Å². The summed E-state index contributed by atoms with van der Waals surface area (Å²) >= 11 is 1.24. The van der Waals surface area contributed by atoms with Crippen molar-refractivity contribution in [2.75, 3.05) is 12.8 Å². The van der Waals surface area contributed by atoms with E-state index in [0.29, 0.717) is 25.4 Å². The monoisotopic (exact) mass is 416 g/mol. The summed E-state index contributed by atoms with van der Waals surface area (Å²) in [5.74, 6) is 0.855. The van der Waals surface area contributed by atoms with Crippen LogP contribution in [0.2, 0.25) is 0 Å². The molecule has 3 aromatic heterocycles. The SMILES string of the molecule is C#CCN(C(=O)c1cccc(-c2cnc(-c3cncc(F)c3)s2)n1)S(C)(=O)=O. The van der Waals surface area contributed by atoms with Gasteiger partial charge < -0.3 is 0 Å². The van der Waals surface area contributed by atoms with Crippen LogP contribution < -0.4 is 0 Å². The Morgan fingerprint density at radius 3 is 2.79 bits per heavy atom. The topological polar surface area (TPSA) is 93.1 Å². The number of pyridine rings is 2. The van der Waals surface area contributed by atoms with E-state index in [1.807, 2.05) is 0 Å². The average Bonchev–Trinajstić information content (AvgIpc) is 3.15. The van der Waals surface area contributed by atoms with E-state index in [1.54, 1.807) is 12.1 Å². The number of amides is 1. The zero-order valence-electron chi connectivity index (χ0n) is 14.5. The van der Waals surface area contributed by atoms with Crippen LogP contribution in [0.5, 0.6) is 0 Å². The molecule has 3 heterocycles. The second kappa shape index (κ2) is 7.84. The Bertz CT molecular complexity index is 1190. The second-order valence-electron chi connectivity index (χ2n) is 5.61. The van der Waals surface area contributed by atoms with E-state index in [9.17, 15) is 17.6 Å². The molecule has 0 aromatic carbocycles. The van der Waals surface area contributed by atoms with Gasteiger partial charge >= 0.3 is 0 Å². The lowest BCUT2D eigenvalue weighted by atomic mass is 10.2. The molecule has 0 unspecified atom stereocenters. The molecule has 0 bridgehead atoms. The molecule has 1 amide bonds. The van der Waals surface area contributed by atoms with Crippen LogP contribution in [-0.4, -0.2) is 46.4 Å². The Morgan fingerprint density at radius 1 is 1.32 bits per heavy atom. The third-order valence-electron chi connectivity index (χ3n) is 3.54. The summed E-state index contributed by atoms with van der Waals surface area (Å²) in [5.41, 5.74) is 0.870. The zero-order chi connectivity index (χ0) is 20.3. The molecular formula is C18H13FN4O3S2. The quantitative estimate of drug-likeness (QED) is 0.593. The normalized spacial score (nSPS) is 11.0. The van der Waals surface area contributed by atoms with Gasteiger partial charge in [-0.15, -0.1) is 17.8 Å². The fourth-order valence-corrected chi connectivity index (χ4v) is 3.87. The predicted octanol–water partition coefficient (Wildman–Crippen LogP) is 2.44. The molecule has 3 aromatic rings. The Labute approximate surface area is 165 Å². The summed E-state index contributed by atoms with van der Waals surface area (Å²) in [4.78, 5) is 25.4. The van der Waals surface area contributed by atoms with Crippen LogP contribution in [0.25, 0.3) is 21.1 Å². The summed E-state index contributed by atoms with van der Waals surface area (Å²) in [7, 11) is -3.84. The molecule has 0 aliphatic rings. The number of terminal acetylenes is 1. The van der Waals surface area contributed by atoms with Gasteiger partial charge in [0.05, 0.1) is 29.6 Å². The lowest BCUT2D eigenvalue weighted by Crippen LogP contribution is -2.36. The molecule has 0 spiro atoms. The van der Waals surface area contributed by atoms with Crippen LogP contribution >= 0.6 is 11.3 Å². The number of carbonyl (C=O) groups is 1. The van der Waals surface area contributed by atoms with Crippen molar-refractivity contribution in [3.05, 3.63) is 54.4 Å². The molecule has 0 saturated heterocycles. The van der Waals surface area contributed by atoms with Crippen molar-refractivity contribution < 1.29 is 17.6 Å². The number of thiazole rings is 1. The number of rotatable bonds is 5. The average molecular weight is 416 g/mol. The Hall–Kier alpha value is -3.16. The maximum absolute atomic E-state index is 13.4. The molecule has 0 atom stereocenters. The number of halogens is 1. The number of hydrogen-bond acceptors (Lipinski definition) is 7. The van der Waals surface area contributed by atoms with Gasteiger partial charge in [-0.3, -0.25) is 9.78 Å².